The second-order valence-corrected chi connectivity index (χ2v) is 6.50. The van der Waals surface area contributed by atoms with Gasteiger partial charge in [-0.3, -0.25) is 4.79 Å². The maximum absolute atomic E-state index is 12.0. The third-order valence-electron chi connectivity index (χ3n) is 4.19. The van der Waals surface area contributed by atoms with Gasteiger partial charge in [0, 0.05) is 38.3 Å². The number of nitrogens with zero attached hydrogens (tertiary/aromatic N) is 2. The van der Waals surface area contributed by atoms with E-state index in [1.807, 2.05) is 6.07 Å². The van der Waals surface area contributed by atoms with Crippen molar-refractivity contribution >= 4 is 23.2 Å². The van der Waals surface area contributed by atoms with Crippen molar-refractivity contribution in [3.8, 4) is 0 Å². The molecule has 1 aromatic carbocycles. The molecule has 0 saturated carbocycles. The average Bonchev–Trinajstić information content (AvgIpc) is 2.44. The van der Waals surface area contributed by atoms with Crippen molar-refractivity contribution in [3.05, 3.63) is 28.8 Å². The molecular formula is C16H24ClN3O. The van der Waals surface area contributed by atoms with E-state index >= 15 is 0 Å². The second-order valence-electron chi connectivity index (χ2n) is 6.09. The molecule has 0 aromatic heterocycles. The number of halogens is 1. The number of benzene rings is 1. The van der Waals surface area contributed by atoms with Crippen molar-refractivity contribution in [2.75, 3.05) is 33.0 Å². The van der Waals surface area contributed by atoms with Crippen LogP contribution in [0.4, 0.5) is 5.69 Å². The number of hydrogen-bond acceptors (Lipinski definition) is 3. The van der Waals surface area contributed by atoms with Gasteiger partial charge in [0.05, 0.1) is 10.7 Å². The van der Waals surface area contributed by atoms with Crippen LogP contribution in [0.2, 0.25) is 5.02 Å². The smallest absolute Gasteiger partial charge is 0.253 e. The van der Waals surface area contributed by atoms with E-state index in [1.54, 1.807) is 31.1 Å². The summed E-state index contributed by atoms with van der Waals surface area (Å²) in [5.74, 6) is -0.00791. The summed E-state index contributed by atoms with van der Waals surface area (Å²) in [7, 11) is 5.66. The molecule has 0 radical (unpaired) electrons. The van der Waals surface area contributed by atoms with Gasteiger partial charge in [0.1, 0.15) is 0 Å². The van der Waals surface area contributed by atoms with Crippen LogP contribution in [0.1, 0.15) is 30.1 Å². The molecule has 1 aliphatic heterocycles. The van der Waals surface area contributed by atoms with Crippen LogP contribution >= 0.6 is 11.6 Å². The fraction of sp³-hybridized carbons (Fsp3) is 0.562. The number of nitrogens with one attached hydrogen (secondary N) is 1. The minimum Gasteiger partial charge on any atom is -0.381 e. The summed E-state index contributed by atoms with van der Waals surface area (Å²) in [5, 5.41) is 4.17. The fourth-order valence-corrected chi connectivity index (χ4v) is 2.84. The molecule has 2 atom stereocenters. The Balaban J connectivity index is 2.12. The first-order valence-electron chi connectivity index (χ1n) is 7.36. The van der Waals surface area contributed by atoms with E-state index in [0.29, 0.717) is 22.7 Å². The number of amides is 1. The van der Waals surface area contributed by atoms with Gasteiger partial charge in [-0.2, -0.15) is 0 Å². The van der Waals surface area contributed by atoms with Gasteiger partial charge in [-0.25, -0.2) is 0 Å². The molecule has 1 aliphatic rings. The Morgan fingerprint density at radius 2 is 2.14 bits per heavy atom. The van der Waals surface area contributed by atoms with Crippen molar-refractivity contribution in [1.82, 2.24) is 9.80 Å². The zero-order valence-electron chi connectivity index (χ0n) is 13.2. The summed E-state index contributed by atoms with van der Waals surface area (Å²) in [6.45, 7) is 3.31. The lowest BCUT2D eigenvalue weighted by Crippen LogP contribution is -2.42. The first-order chi connectivity index (χ1) is 9.88. The average molecular weight is 310 g/mol. The Kier molecular flexibility index (Phi) is 5.12. The van der Waals surface area contributed by atoms with E-state index in [4.69, 9.17) is 11.6 Å². The predicted molar refractivity (Wildman–Crippen MR) is 88.2 cm³/mol. The van der Waals surface area contributed by atoms with Gasteiger partial charge >= 0.3 is 0 Å². The lowest BCUT2D eigenvalue weighted by molar-refractivity contribution is 0.0827. The number of hydrogen-bond donors (Lipinski definition) is 1. The molecule has 2 unspecified atom stereocenters. The normalized spacial score (nSPS) is 22.9. The standard InChI is InChI=1S/C16H24ClN3O/c1-11-9-13(7-8-20(11)4)18-15-10-12(5-6-14(15)17)16(21)19(2)3/h5-6,10-11,13,18H,7-9H2,1-4H3. The predicted octanol–water partition coefficient (Wildman–Crippen LogP) is 2.94. The molecule has 1 amide bonds. The van der Waals surface area contributed by atoms with Gasteiger partial charge in [-0.1, -0.05) is 11.6 Å². The molecule has 116 valence electrons. The highest BCUT2D eigenvalue weighted by Gasteiger charge is 2.23. The van der Waals surface area contributed by atoms with E-state index in [1.165, 1.54) is 0 Å². The van der Waals surface area contributed by atoms with E-state index < -0.39 is 0 Å². The molecule has 1 heterocycles. The molecule has 2 rings (SSSR count). The van der Waals surface area contributed by atoms with Crippen LogP contribution in [0.15, 0.2) is 18.2 Å². The summed E-state index contributed by atoms with van der Waals surface area (Å²) in [5.41, 5.74) is 1.51. The third kappa shape index (κ3) is 3.89. The van der Waals surface area contributed by atoms with Crippen LogP contribution in [0.25, 0.3) is 0 Å². The van der Waals surface area contributed by atoms with Crippen molar-refractivity contribution in [1.29, 1.82) is 0 Å². The van der Waals surface area contributed by atoms with Crippen LogP contribution in [-0.2, 0) is 0 Å². The van der Waals surface area contributed by atoms with Crippen LogP contribution in [0.5, 0.6) is 0 Å². The van der Waals surface area contributed by atoms with Gasteiger partial charge in [-0.15, -0.1) is 0 Å². The molecule has 0 bridgehead atoms. The van der Waals surface area contributed by atoms with Crippen LogP contribution in [0.3, 0.4) is 0 Å². The van der Waals surface area contributed by atoms with E-state index in [2.05, 4.69) is 24.2 Å². The fourth-order valence-electron chi connectivity index (χ4n) is 2.67. The van der Waals surface area contributed by atoms with Gasteiger partial charge in [0.25, 0.3) is 5.91 Å². The molecule has 5 heteroatoms. The zero-order valence-corrected chi connectivity index (χ0v) is 13.9. The second kappa shape index (κ2) is 6.67. The molecule has 0 spiro atoms. The summed E-state index contributed by atoms with van der Waals surface area (Å²) >= 11 is 6.27. The number of carbonyl (C=O) groups is 1. The lowest BCUT2D eigenvalue weighted by atomic mass is 9.98. The molecule has 4 nitrogen and oxygen atoms in total. The quantitative estimate of drug-likeness (QED) is 0.932. The number of carbonyl (C=O) groups excluding carboxylic acids is 1. The van der Waals surface area contributed by atoms with E-state index in [9.17, 15) is 4.79 Å². The number of anilines is 1. The summed E-state index contributed by atoms with van der Waals surface area (Å²) in [4.78, 5) is 16.0. The van der Waals surface area contributed by atoms with Crippen molar-refractivity contribution in [2.45, 2.75) is 31.8 Å². The minimum absolute atomic E-state index is 0.00791. The monoisotopic (exact) mass is 309 g/mol. The molecule has 1 aromatic rings. The lowest BCUT2D eigenvalue weighted by Gasteiger charge is -2.36. The molecule has 1 saturated heterocycles. The number of piperidine rings is 1. The molecule has 0 aliphatic carbocycles. The Hall–Kier alpha value is -1.26. The first kappa shape index (κ1) is 16.1. The maximum Gasteiger partial charge on any atom is 0.253 e. The van der Waals surface area contributed by atoms with Crippen molar-refractivity contribution in [2.24, 2.45) is 0 Å². The topological polar surface area (TPSA) is 35.6 Å². The summed E-state index contributed by atoms with van der Waals surface area (Å²) < 4.78 is 0. The van der Waals surface area contributed by atoms with Crippen LogP contribution in [0, 0.1) is 0 Å². The zero-order chi connectivity index (χ0) is 15.6. The third-order valence-corrected chi connectivity index (χ3v) is 4.52. The van der Waals surface area contributed by atoms with Gasteiger partial charge < -0.3 is 15.1 Å². The minimum atomic E-state index is -0.00791. The van der Waals surface area contributed by atoms with Crippen molar-refractivity contribution < 1.29 is 4.79 Å². The van der Waals surface area contributed by atoms with Crippen LogP contribution < -0.4 is 5.32 Å². The highest BCUT2D eigenvalue weighted by molar-refractivity contribution is 6.33. The highest BCUT2D eigenvalue weighted by Crippen LogP contribution is 2.27. The Labute approximate surface area is 132 Å². The van der Waals surface area contributed by atoms with Gasteiger partial charge in [0.15, 0.2) is 0 Å². The Morgan fingerprint density at radius 3 is 2.76 bits per heavy atom. The van der Waals surface area contributed by atoms with Gasteiger partial charge in [0.2, 0.25) is 0 Å². The summed E-state index contributed by atoms with van der Waals surface area (Å²) in [6, 6.07) is 6.37. The molecule has 1 N–H and O–H groups in total. The highest BCUT2D eigenvalue weighted by atomic mass is 35.5. The number of likely N-dealkylation sites (tertiary alicyclic amines) is 1. The Morgan fingerprint density at radius 1 is 1.43 bits per heavy atom. The first-order valence-corrected chi connectivity index (χ1v) is 7.74. The summed E-state index contributed by atoms with van der Waals surface area (Å²) in [6.07, 6.45) is 2.17. The molecule has 1 fully saturated rings. The largest absolute Gasteiger partial charge is 0.381 e. The molecule has 21 heavy (non-hydrogen) atoms. The van der Waals surface area contributed by atoms with E-state index in [-0.39, 0.29) is 5.91 Å². The SMILES string of the molecule is CC1CC(Nc2cc(C(=O)N(C)C)ccc2Cl)CCN1C. The number of rotatable bonds is 3. The van der Waals surface area contributed by atoms with E-state index in [0.717, 1.165) is 25.1 Å². The van der Waals surface area contributed by atoms with Gasteiger partial charge in [-0.05, 0) is 45.0 Å². The Bertz CT molecular complexity index is 518. The van der Waals surface area contributed by atoms with Crippen molar-refractivity contribution in [3.63, 3.8) is 0 Å². The van der Waals surface area contributed by atoms with Crippen LogP contribution in [-0.4, -0.2) is 55.5 Å². The molecular weight excluding hydrogens is 286 g/mol. The maximum atomic E-state index is 12.0.